The summed E-state index contributed by atoms with van der Waals surface area (Å²) in [5.41, 5.74) is 2.18. The Balaban J connectivity index is 1.46. The molecule has 0 spiro atoms. The molecule has 7 nitrogen and oxygen atoms in total. The number of aromatic nitrogens is 2. The Morgan fingerprint density at radius 2 is 1.93 bits per heavy atom. The van der Waals surface area contributed by atoms with Gasteiger partial charge in [-0.1, -0.05) is 12.1 Å². The largest absolute Gasteiger partial charge is 0.481 e. The number of ether oxygens (including phenoxy) is 2. The Labute approximate surface area is 178 Å². The van der Waals surface area contributed by atoms with Crippen LogP contribution in [0.5, 0.6) is 11.6 Å². The second-order valence-electron chi connectivity index (χ2n) is 7.76. The summed E-state index contributed by atoms with van der Waals surface area (Å²) in [6.07, 6.45) is 3.06. The first-order chi connectivity index (χ1) is 14.4. The fourth-order valence-electron chi connectivity index (χ4n) is 3.45. The summed E-state index contributed by atoms with van der Waals surface area (Å²) < 4.78 is 11.6. The number of nitrogens with one attached hydrogen (secondary N) is 1. The number of hydrogen-bond donors (Lipinski definition) is 1. The lowest BCUT2D eigenvalue weighted by Crippen LogP contribution is -2.38. The zero-order chi connectivity index (χ0) is 21.5. The molecule has 1 aliphatic heterocycles. The number of benzene rings is 1. The van der Waals surface area contributed by atoms with Gasteiger partial charge in [-0.3, -0.25) is 4.79 Å². The third-order valence-corrected chi connectivity index (χ3v) is 5.36. The van der Waals surface area contributed by atoms with Gasteiger partial charge in [-0.25, -0.2) is 4.98 Å². The van der Waals surface area contributed by atoms with Crippen LogP contribution in [0.4, 0.5) is 5.82 Å². The molecule has 30 heavy (non-hydrogen) atoms. The second kappa shape index (κ2) is 10.3. The number of carbonyl (C=O) groups is 1. The van der Waals surface area contributed by atoms with Crippen LogP contribution in [0.15, 0.2) is 24.3 Å². The lowest BCUT2D eigenvalue weighted by atomic mass is 10.1. The van der Waals surface area contributed by atoms with Gasteiger partial charge in [0.05, 0.1) is 6.54 Å². The van der Waals surface area contributed by atoms with E-state index in [1.807, 2.05) is 45.0 Å². The molecule has 162 valence electrons. The predicted molar refractivity (Wildman–Crippen MR) is 117 cm³/mol. The highest BCUT2D eigenvalue weighted by molar-refractivity contribution is 5.80. The lowest BCUT2D eigenvalue weighted by molar-refractivity contribution is -0.127. The van der Waals surface area contributed by atoms with E-state index in [1.54, 1.807) is 6.92 Å². The molecular formula is C23H32N4O3. The zero-order valence-electron chi connectivity index (χ0n) is 18.4. The van der Waals surface area contributed by atoms with E-state index < -0.39 is 6.10 Å². The van der Waals surface area contributed by atoms with E-state index in [4.69, 9.17) is 9.47 Å². The smallest absolute Gasteiger partial charge is 0.260 e. The fraction of sp³-hybridized carbons (Fsp3) is 0.522. The minimum absolute atomic E-state index is 0.174. The van der Waals surface area contributed by atoms with Crippen molar-refractivity contribution in [3.8, 4) is 11.6 Å². The van der Waals surface area contributed by atoms with Crippen LogP contribution in [0.2, 0.25) is 0 Å². The highest BCUT2D eigenvalue weighted by Crippen LogP contribution is 2.22. The number of piperidine rings is 1. The van der Waals surface area contributed by atoms with Crippen molar-refractivity contribution in [2.24, 2.45) is 0 Å². The number of aryl methyl sites for hydroxylation is 2. The Morgan fingerprint density at radius 3 is 2.70 bits per heavy atom. The third kappa shape index (κ3) is 5.84. The Bertz CT molecular complexity index is 866. The Kier molecular flexibility index (Phi) is 7.49. The topological polar surface area (TPSA) is 76.6 Å². The van der Waals surface area contributed by atoms with E-state index >= 15 is 0 Å². The molecule has 1 N–H and O–H groups in total. The van der Waals surface area contributed by atoms with Crippen molar-refractivity contribution in [1.82, 2.24) is 15.3 Å². The minimum Gasteiger partial charge on any atom is -0.481 e. The maximum absolute atomic E-state index is 12.3. The number of nitrogens with zero attached hydrogens (tertiary/aromatic N) is 3. The van der Waals surface area contributed by atoms with Gasteiger partial charge < -0.3 is 19.7 Å². The van der Waals surface area contributed by atoms with Crippen LogP contribution in [0.25, 0.3) is 0 Å². The van der Waals surface area contributed by atoms with Gasteiger partial charge in [-0.2, -0.15) is 4.98 Å². The molecule has 2 aromatic rings. The molecule has 7 heteroatoms. The summed E-state index contributed by atoms with van der Waals surface area (Å²) in [5.74, 6) is 2.70. The molecule has 1 fully saturated rings. The van der Waals surface area contributed by atoms with Gasteiger partial charge in [0.1, 0.15) is 24.0 Å². The van der Waals surface area contributed by atoms with Crippen LogP contribution < -0.4 is 19.7 Å². The summed E-state index contributed by atoms with van der Waals surface area (Å²) >= 11 is 0. The van der Waals surface area contributed by atoms with E-state index in [-0.39, 0.29) is 5.91 Å². The number of amides is 1. The number of hydrogen-bond acceptors (Lipinski definition) is 6. The molecule has 1 aromatic carbocycles. The van der Waals surface area contributed by atoms with E-state index in [1.165, 1.54) is 19.3 Å². The van der Waals surface area contributed by atoms with Gasteiger partial charge in [0.25, 0.3) is 5.91 Å². The summed E-state index contributed by atoms with van der Waals surface area (Å²) in [5, 5.41) is 2.86. The van der Waals surface area contributed by atoms with Crippen LogP contribution in [0.1, 0.15) is 43.1 Å². The molecule has 1 aromatic heterocycles. The van der Waals surface area contributed by atoms with Gasteiger partial charge in [-0.05, 0) is 64.2 Å². The quantitative estimate of drug-likeness (QED) is 0.670. The summed E-state index contributed by atoms with van der Waals surface area (Å²) in [7, 11) is 0. The summed E-state index contributed by atoms with van der Waals surface area (Å²) in [4.78, 5) is 23.5. The second-order valence-corrected chi connectivity index (χ2v) is 7.76. The average Bonchev–Trinajstić information content (AvgIpc) is 2.74. The van der Waals surface area contributed by atoms with Crippen LogP contribution in [-0.4, -0.2) is 48.2 Å². The number of carbonyl (C=O) groups excluding carboxylic acids is 1. The molecule has 1 saturated heterocycles. The molecule has 0 saturated carbocycles. The molecule has 0 radical (unpaired) electrons. The number of anilines is 1. The monoisotopic (exact) mass is 412 g/mol. The Morgan fingerprint density at radius 1 is 1.17 bits per heavy atom. The van der Waals surface area contributed by atoms with Crippen LogP contribution in [0, 0.1) is 20.8 Å². The molecule has 3 rings (SSSR count). The van der Waals surface area contributed by atoms with Crippen LogP contribution in [0.3, 0.4) is 0 Å². The normalized spacial score (nSPS) is 14.9. The van der Waals surface area contributed by atoms with Gasteiger partial charge in [-0.15, -0.1) is 0 Å². The average molecular weight is 413 g/mol. The van der Waals surface area contributed by atoms with Crippen molar-refractivity contribution >= 4 is 11.7 Å². The van der Waals surface area contributed by atoms with Gasteiger partial charge in [0.2, 0.25) is 5.88 Å². The van der Waals surface area contributed by atoms with Crippen molar-refractivity contribution in [3.05, 3.63) is 41.2 Å². The molecular weight excluding hydrogens is 380 g/mol. The van der Waals surface area contributed by atoms with Gasteiger partial charge >= 0.3 is 0 Å². The standard InChI is InChI=1S/C23H32N4O3/c1-16-9-8-10-20(17(16)2)30-18(3)23(28)24-11-14-29-22-15-21(25-19(4)26-22)27-12-6-5-7-13-27/h8-10,15,18H,5-7,11-14H2,1-4H3,(H,24,28). The maximum Gasteiger partial charge on any atom is 0.260 e. The third-order valence-electron chi connectivity index (χ3n) is 5.36. The maximum atomic E-state index is 12.3. The number of rotatable bonds is 8. The highest BCUT2D eigenvalue weighted by Gasteiger charge is 2.16. The molecule has 0 bridgehead atoms. The first-order valence-electron chi connectivity index (χ1n) is 10.7. The molecule has 0 aliphatic carbocycles. The fourth-order valence-corrected chi connectivity index (χ4v) is 3.45. The molecule has 1 aliphatic rings. The van der Waals surface area contributed by atoms with Gasteiger partial charge in [0.15, 0.2) is 6.10 Å². The first-order valence-corrected chi connectivity index (χ1v) is 10.7. The van der Waals surface area contributed by atoms with E-state index in [9.17, 15) is 4.79 Å². The van der Waals surface area contributed by atoms with Crippen molar-refractivity contribution in [3.63, 3.8) is 0 Å². The van der Waals surface area contributed by atoms with Crippen LogP contribution in [-0.2, 0) is 4.79 Å². The van der Waals surface area contributed by atoms with Gasteiger partial charge in [0, 0.05) is 19.2 Å². The van der Waals surface area contributed by atoms with Crippen molar-refractivity contribution < 1.29 is 14.3 Å². The first kappa shape index (κ1) is 21.9. The van der Waals surface area contributed by atoms with Crippen molar-refractivity contribution in [1.29, 1.82) is 0 Å². The molecule has 1 atom stereocenters. The molecule has 1 unspecified atom stereocenters. The minimum atomic E-state index is -0.586. The van der Waals surface area contributed by atoms with E-state index in [0.717, 1.165) is 35.8 Å². The SMILES string of the molecule is Cc1nc(OCCNC(=O)C(C)Oc2cccc(C)c2C)cc(N2CCCCC2)n1. The van der Waals surface area contributed by atoms with E-state index in [2.05, 4.69) is 20.2 Å². The predicted octanol–water partition coefficient (Wildman–Crippen LogP) is 3.35. The summed E-state index contributed by atoms with van der Waals surface area (Å²) in [6, 6.07) is 7.72. The Hall–Kier alpha value is -2.83. The van der Waals surface area contributed by atoms with Crippen LogP contribution >= 0.6 is 0 Å². The molecule has 2 heterocycles. The lowest BCUT2D eigenvalue weighted by Gasteiger charge is -2.28. The summed E-state index contributed by atoms with van der Waals surface area (Å²) in [6.45, 7) is 10.4. The van der Waals surface area contributed by atoms with Crippen molar-refractivity contribution in [2.45, 2.75) is 53.1 Å². The zero-order valence-corrected chi connectivity index (χ0v) is 18.4. The van der Waals surface area contributed by atoms with Crippen molar-refractivity contribution in [2.75, 3.05) is 31.1 Å². The van der Waals surface area contributed by atoms with E-state index in [0.29, 0.717) is 24.9 Å². The molecule has 1 amide bonds. The highest BCUT2D eigenvalue weighted by atomic mass is 16.5.